The number of nitrogens with one attached hydrogen (secondary N) is 2. The Kier molecular flexibility index (Phi) is 5.65. The van der Waals surface area contributed by atoms with Gasteiger partial charge in [0.05, 0.1) is 5.69 Å². The van der Waals surface area contributed by atoms with Crippen LogP contribution in [0.1, 0.15) is 45.4 Å². The van der Waals surface area contributed by atoms with Crippen LogP contribution in [0.2, 0.25) is 0 Å². The third-order valence-electron chi connectivity index (χ3n) is 4.47. The summed E-state index contributed by atoms with van der Waals surface area (Å²) >= 11 is 0. The maximum atomic E-state index is 12.1. The standard InChI is InChI=1S/C16H26N2O2S/c1-3-13-7-6-8-14(12-11-13)18-15-9-4-5-10-16(15)21(19,20)17-2/h4-5,9-10,13-14,17-18H,3,6-8,11-12H2,1-2H3. The molecule has 0 saturated heterocycles. The van der Waals surface area contributed by atoms with Crippen LogP contribution in [0.5, 0.6) is 0 Å². The quantitative estimate of drug-likeness (QED) is 0.820. The molecule has 0 bridgehead atoms. The Morgan fingerprint density at radius 2 is 1.90 bits per heavy atom. The van der Waals surface area contributed by atoms with Crippen molar-refractivity contribution in [1.29, 1.82) is 0 Å². The van der Waals surface area contributed by atoms with Gasteiger partial charge in [0.25, 0.3) is 0 Å². The maximum absolute atomic E-state index is 12.1. The van der Waals surface area contributed by atoms with E-state index in [9.17, 15) is 8.42 Å². The fourth-order valence-corrected chi connectivity index (χ4v) is 3.98. The second kappa shape index (κ2) is 7.27. The predicted molar refractivity (Wildman–Crippen MR) is 87.0 cm³/mol. The van der Waals surface area contributed by atoms with Gasteiger partial charge in [0.2, 0.25) is 10.0 Å². The van der Waals surface area contributed by atoms with E-state index in [0.29, 0.717) is 16.6 Å². The molecule has 1 aliphatic rings. The van der Waals surface area contributed by atoms with E-state index in [0.717, 1.165) is 18.8 Å². The van der Waals surface area contributed by atoms with Crippen LogP contribution in [0.4, 0.5) is 5.69 Å². The minimum absolute atomic E-state index is 0.337. The molecular weight excluding hydrogens is 284 g/mol. The van der Waals surface area contributed by atoms with E-state index in [4.69, 9.17) is 0 Å². The number of rotatable bonds is 5. The smallest absolute Gasteiger partial charge is 0.242 e. The number of benzene rings is 1. The first-order valence-corrected chi connectivity index (χ1v) is 9.34. The van der Waals surface area contributed by atoms with Gasteiger partial charge >= 0.3 is 0 Å². The van der Waals surface area contributed by atoms with Crippen LogP contribution in [-0.2, 0) is 10.0 Å². The van der Waals surface area contributed by atoms with Crippen LogP contribution in [-0.4, -0.2) is 21.5 Å². The molecule has 1 aromatic rings. The van der Waals surface area contributed by atoms with Crippen molar-refractivity contribution >= 4 is 15.7 Å². The van der Waals surface area contributed by atoms with Crippen molar-refractivity contribution in [2.75, 3.05) is 12.4 Å². The second-order valence-electron chi connectivity index (χ2n) is 5.83. The third-order valence-corrected chi connectivity index (χ3v) is 5.94. The lowest BCUT2D eigenvalue weighted by Gasteiger charge is -2.20. The van der Waals surface area contributed by atoms with Crippen molar-refractivity contribution < 1.29 is 8.42 Å². The van der Waals surface area contributed by atoms with Crippen molar-refractivity contribution in [3.8, 4) is 0 Å². The highest BCUT2D eigenvalue weighted by Crippen LogP contribution is 2.29. The zero-order valence-corrected chi connectivity index (χ0v) is 13.7. The Labute approximate surface area is 128 Å². The molecule has 1 saturated carbocycles. The molecule has 2 N–H and O–H groups in total. The lowest BCUT2D eigenvalue weighted by atomic mass is 9.98. The van der Waals surface area contributed by atoms with Crippen molar-refractivity contribution in [2.24, 2.45) is 5.92 Å². The van der Waals surface area contributed by atoms with Gasteiger partial charge in [-0.3, -0.25) is 0 Å². The summed E-state index contributed by atoms with van der Waals surface area (Å²) in [5, 5.41) is 3.46. The van der Waals surface area contributed by atoms with Crippen LogP contribution >= 0.6 is 0 Å². The highest BCUT2D eigenvalue weighted by molar-refractivity contribution is 7.89. The zero-order valence-electron chi connectivity index (χ0n) is 12.9. The van der Waals surface area contributed by atoms with Gasteiger partial charge in [-0.25, -0.2) is 13.1 Å². The molecule has 118 valence electrons. The molecule has 4 nitrogen and oxygen atoms in total. The number of anilines is 1. The molecule has 21 heavy (non-hydrogen) atoms. The van der Waals surface area contributed by atoms with E-state index in [1.807, 2.05) is 12.1 Å². The average molecular weight is 310 g/mol. The van der Waals surface area contributed by atoms with Gasteiger partial charge in [-0.15, -0.1) is 0 Å². The number of hydrogen-bond donors (Lipinski definition) is 2. The molecule has 0 radical (unpaired) electrons. The molecule has 0 heterocycles. The summed E-state index contributed by atoms with van der Waals surface area (Å²) in [6.45, 7) is 2.26. The van der Waals surface area contributed by atoms with E-state index in [1.54, 1.807) is 12.1 Å². The minimum Gasteiger partial charge on any atom is -0.381 e. The summed E-state index contributed by atoms with van der Waals surface area (Å²) in [5.74, 6) is 0.827. The Morgan fingerprint density at radius 1 is 1.14 bits per heavy atom. The van der Waals surface area contributed by atoms with Crippen LogP contribution < -0.4 is 10.0 Å². The van der Waals surface area contributed by atoms with E-state index in [2.05, 4.69) is 17.0 Å². The van der Waals surface area contributed by atoms with E-state index in [1.165, 1.54) is 32.7 Å². The fourth-order valence-electron chi connectivity index (χ4n) is 3.08. The summed E-state index contributed by atoms with van der Waals surface area (Å²) in [7, 11) is -1.97. The van der Waals surface area contributed by atoms with E-state index < -0.39 is 10.0 Å². The Balaban J connectivity index is 2.13. The van der Waals surface area contributed by atoms with Crippen LogP contribution in [0.15, 0.2) is 29.2 Å². The molecular formula is C16H26N2O2S. The molecule has 2 rings (SSSR count). The molecule has 0 amide bonds. The van der Waals surface area contributed by atoms with Gasteiger partial charge in [0.1, 0.15) is 4.90 Å². The van der Waals surface area contributed by atoms with E-state index in [-0.39, 0.29) is 0 Å². The lowest BCUT2D eigenvalue weighted by Crippen LogP contribution is -2.23. The Hall–Kier alpha value is -1.07. The Morgan fingerprint density at radius 3 is 2.62 bits per heavy atom. The van der Waals surface area contributed by atoms with Gasteiger partial charge in [0, 0.05) is 6.04 Å². The monoisotopic (exact) mass is 310 g/mol. The van der Waals surface area contributed by atoms with Gasteiger partial charge in [-0.1, -0.05) is 38.3 Å². The van der Waals surface area contributed by atoms with Crippen molar-refractivity contribution in [2.45, 2.75) is 56.4 Å². The van der Waals surface area contributed by atoms with Gasteiger partial charge < -0.3 is 5.32 Å². The zero-order chi connectivity index (χ0) is 15.3. The average Bonchev–Trinajstić information content (AvgIpc) is 2.73. The normalized spacial score (nSPS) is 23.5. The van der Waals surface area contributed by atoms with Gasteiger partial charge in [-0.2, -0.15) is 0 Å². The number of sulfonamides is 1. The summed E-state index contributed by atoms with van der Waals surface area (Å²) < 4.78 is 26.6. The first-order chi connectivity index (χ1) is 10.1. The first kappa shape index (κ1) is 16.3. The molecule has 1 aliphatic carbocycles. The fraction of sp³-hybridized carbons (Fsp3) is 0.625. The Bertz CT molecular complexity index is 557. The summed E-state index contributed by atoms with van der Waals surface area (Å²) in [5.41, 5.74) is 0.715. The SMILES string of the molecule is CCC1CCCC(Nc2ccccc2S(=O)(=O)NC)CC1. The van der Waals surface area contributed by atoms with Crippen molar-refractivity contribution in [1.82, 2.24) is 4.72 Å². The number of para-hydroxylation sites is 1. The highest BCUT2D eigenvalue weighted by atomic mass is 32.2. The maximum Gasteiger partial charge on any atom is 0.242 e. The summed E-state index contributed by atoms with van der Waals surface area (Å²) in [6.07, 6.45) is 7.23. The summed E-state index contributed by atoms with van der Waals surface area (Å²) in [4.78, 5) is 0.337. The van der Waals surface area contributed by atoms with Gasteiger partial charge in [0.15, 0.2) is 0 Å². The van der Waals surface area contributed by atoms with Crippen molar-refractivity contribution in [3.63, 3.8) is 0 Å². The number of hydrogen-bond acceptors (Lipinski definition) is 3. The largest absolute Gasteiger partial charge is 0.381 e. The molecule has 1 fully saturated rings. The highest BCUT2D eigenvalue weighted by Gasteiger charge is 2.21. The van der Waals surface area contributed by atoms with Gasteiger partial charge in [-0.05, 0) is 44.4 Å². The molecule has 2 unspecified atom stereocenters. The summed E-state index contributed by atoms with van der Waals surface area (Å²) in [6, 6.07) is 7.51. The molecule has 2 atom stereocenters. The lowest BCUT2D eigenvalue weighted by molar-refractivity contribution is 0.444. The molecule has 0 spiro atoms. The molecule has 0 aliphatic heterocycles. The first-order valence-electron chi connectivity index (χ1n) is 7.86. The van der Waals surface area contributed by atoms with Crippen LogP contribution in [0.25, 0.3) is 0 Å². The molecule has 1 aromatic carbocycles. The molecule has 0 aromatic heterocycles. The minimum atomic E-state index is -3.42. The third kappa shape index (κ3) is 4.20. The van der Waals surface area contributed by atoms with E-state index >= 15 is 0 Å². The predicted octanol–water partition coefficient (Wildman–Crippen LogP) is 3.37. The van der Waals surface area contributed by atoms with Crippen molar-refractivity contribution in [3.05, 3.63) is 24.3 Å². The van der Waals surface area contributed by atoms with Crippen LogP contribution in [0, 0.1) is 5.92 Å². The second-order valence-corrected chi connectivity index (χ2v) is 7.68. The topological polar surface area (TPSA) is 58.2 Å². The molecule has 5 heteroatoms. The van der Waals surface area contributed by atoms with Crippen LogP contribution in [0.3, 0.4) is 0 Å².